The Hall–Kier alpha value is -2.14. The van der Waals surface area contributed by atoms with Gasteiger partial charge in [0.05, 0.1) is 31.5 Å². The number of aromatic nitrogens is 1. The third-order valence-electron chi connectivity index (χ3n) is 4.02. The van der Waals surface area contributed by atoms with Crippen molar-refractivity contribution in [2.24, 2.45) is 0 Å². The van der Waals surface area contributed by atoms with E-state index in [1.807, 2.05) is 16.7 Å². The molecular formula is C17H18ClNO4. The van der Waals surface area contributed by atoms with Gasteiger partial charge in [0, 0.05) is 12.1 Å². The molecule has 0 fully saturated rings. The van der Waals surface area contributed by atoms with Crippen LogP contribution in [0.5, 0.6) is 11.5 Å². The standard InChI is InChI=1S/C17H18ClNO4/c1-4-23-17(20)12-6-5-11-14-10(7-8-19(11)12)9-13(21-2)16(22-3)15(14)18/h5-6,9H,4,7-8H2,1-3H3. The number of fused-ring (bicyclic) bond motifs is 3. The van der Waals surface area contributed by atoms with Gasteiger partial charge in [-0.2, -0.15) is 0 Å². The van der Waals surface area contributed by atoms with Crippen LogP contribution in [-0.4, -0.2) is 31.4 Å². The zero-order chi connectivity index (χ0) is 16.6. The zero-order valence-corrected chi connectivity index (χ0v) is 14.1. The summed E-state index contributed by atoms with van der Waals surface area (Å²) in [4.78, 5) is 12.1. The van der Waals surface area contributed by atoms with Gasteiger partial charge in [-0.05, 0) is 37.1 Å². The van der Waals surface area contributed by atoms with E-state index in [2.05, 4.69) is 0 Å². The smallest absolute Gasteiger partial charge is 0.354 e. The van der Waals surface area contributed by atoms with Gasteiger partial charge in [0.1, 0.15) is 5.69 Å². The van der Waals surface area contributed by atoms with Crippen LogP contribution >= 0.6 is 11.6 Å². The number of esters is 1. The molecule has 5 nitrogen and oxygen atoms in total. The molecule has 1 aliphatic heterocycles. The molecule has 0 aliphatic carbocycles. The Labute approximate surface area is 139 Å². The molecule has 2 aromatic rings. The molecule has 23 heavy (non-hydrogen) atoms. The number of methoxy groups -OCH3 is 2. The number of nitrogens with zero attached hydrogens (tertiary/aromatic N) is 1. The van der Waals surface area contributed by atoms with E-state index in [-0.39, 0.29) is 5.97 Å². The Balaban J connectivity index is 2.16. The van der Waals surface area contributed by atoms with Crippen LogP contribution in [0.25, 0.3) is 11.3 Å². The fourth-order valence-electron chi connectivity index (χ4n) is 3.02. The predicted octanol–water partition coefficient (Wildman–Crippen LogP) is 3.56. The summed E-state index contributed by atoms with van der Waals surface area (Å²) in [5, 5.41) is 0.497. The van der Waals surface area contributed by atoms with Gasteiger partial charge >= 0.3 is 5.97 Å². The summed E-state index contributed by atoms with van der Waals surface area (Å²) in [5.74, 6) is 0.793. The van der Waals surface area contributed by atoms with Gasteiger partial charge < -0.3 is 18.8 Å². The molecule has 0 saturated carbocycles. The lowest BCUT2D eigenvalue weighted by atomic mass is 9.97. The molecular weight excluding hydrogens is 318 g/mol. The van der Waals surface area contributed by atoms with E-state index in [9.17, 15) is 4.79 Å². The van der Waals surface area contributed by atoms with Crippen molar-refractivity contribution in [1.82, 2.24) is 4.57 Å². The number of carbonyl (C=O) groups is 1. The number of ether oxygens (including phenoxy) is 3. The minimum Gasteiger partial charge on any atom is -0.493 e. The minimum absolute atomic E-state index is 0.321. The van der Waals surface area contributed by atoms with Crippen molar-refractivity contribution in [3.63, 3.8) is 0 Å². The lowest BCUT2D eigenvalue weighted by Gasteiger charge is -2.24. The van der Waals surface area contributed by atoms with Crippen molar-refractivity contribution < 1.29 is 19.0 Å². The highest BCUT2D eigenvalue weighted by atomic mass is 35.5. The van der Waals surface area contributed by atoms with Gasteiger partial charge in [0.15, 0.2) is 11.5 Å². The van der Waals surface area contributed by atoms with Crippen LogP contribution in [0.2, 0.25) is 5.02 Å². The van der Waals surface area contributed by atoms with E-state index in [0.29, 0.717) is 35.4 Å². The summed E-state index contributed by atoms with van der Waals surface area (Å²) in [6, 6.07) is 5.61. The second kappa shape index (κ2) is 6.16. The van der Waals surface area contributed by atoms with Crippen LogP contribution in [0.4, 0.5) is 0 Å². The van der Waals surface area contributed by atoms with E-state index < -0.39 is 0 Å². The monoisotopic (exact) mass is 335 g/mol. The highest BCUT2D eigenvalue weighted by molar-refractivity contribution is 6.35. The molecule has 2 heterocycles. The van der Waals surface area contributed by atoms with E-state index in [0.717, 1.165) is 23.2 Å². The Morgan fingerprint density at radius 2 is 2.09 bits per heavy atom. The maximum absolute atomic E-state index is 12.1. The average Bonchev–Trinajstić information content (AvgIpc) is 2.98. The summed E-state index contributed by atoms with van der Waals surface area (Å²) in [6.45, 7) is 2.83. The number of hydrogen-bond donors (Lipinski definition) is 0. The van der Waals surface area contributed by atoms with E-state index in [1.54, 1.807) is 27.2 Å². The first-order valence-corrected chi connectivity index (χ1v) is 7.80. The quantitative estimate of drug-likeness (QED) is 0.802. The number of hydrogen-bond acceptors (Lipinski definition) is 4. The Kier molecular flexibility index (Phi) is 4.22. The van der Waals surface area contributed by atoms with Crippen LogP contribution < -0.4 is 9.47 Å². The van der Waals surface area contributed by atoms with Gasteiger partial charge in [-0.3, -0.25) is 0 Å². The maximum Gasteiger partial charge on any atom is 0.354 e. The van der Waals surface area contributed by atoms with Crippen molar-refractivity contribution in [2.75, 3.05) is 20.8 Å². The van der Waals surface area contributed by atoms with Gasteiger partial charge in [-0.1, -0.05) is 11.6 Å². The molecule has 0 atom stereocenters. The normalized spacial score (nSPS) is 12.3. The summed E-state index contributed by atoms with van der Waals surface area (Å²) in [6.07, 6.45) is 0.753. The number of aryl methyl sites for hydroxylation is 1. The molecule has 0 bridgehead atoms. The molecule has 6 heteroatoms. The second-order valence-electron chi connectivity index (χ2n) is 5.19. The highest BCUT2D eigenvalue weighted by Gasteiger charge is 2.27. The molecule has 1 aromatic carbocycles. The molecule has 0 spiro atoms. The summed E-state index contributed by atoms with van der Waals surface area (Å²) < 4.78 is 17.8. The van der Waals surface area contributed by atoms with Gasteiger partial charge in [0.25, 0.3) is 0 Å². The summed E-state index contributed by atoms with van der Waals surface area (Å²) in [7, 11) is 3.15. The molecule has 122 valence electrons. The SMILES string of the molecule is CCOC(=O)c1ccc2n1CCc1cc(OC)c(OC)c(Cl)c1-2. The summed E-state index contributed by atoms with van der Waals surface area (Å²) >= 11 is 6.55. The third-order valence-corrected chi connectivity index (χ3v) is 4.38. The van der Waals surface area contributed by atoms with Gasteiger partial charge in [-0.25, -0.2) is 4.79 Å². The first-order chi connectivity index (χ1) is 11.1. The molecule has 0 radical (unpaired) electrons. The van der Waals surface area contributed by atoms with Crippen molar-refractivity contribution >= 4 is 17.6 Å². The molecule has 0 amide bonds. The fourth-order valence-corrected chi connectivity index (χ4v) is 3.41. The van der Waals surface area contributed by atoms with Crippen LogP contribution in [0.1, 0.15) is 23.0 Å². The number of carbonyl (C=O) groups excluding carboxylic acids is 1. The highest BCUT2D eigenvalue weighted by Crippen LogP contribution is 2.46. The first-order valence-electron chi connectivity index (χ1n) is 7.42. The van der Waals surface area contributed by atoms with Gasteiger partial charge in [0.2, 0.25) is 0 Å². The fraction of sp³-hybridized carbons (Fsp3) is 0.353. The van der Waals surface area contributed by atoms with E-state index in [4.69, 9.17) is 25.8 Å². The van der Waals surface area contributed by atoms with Crippen LogP contribution in [0.3, 0.4) is 0 Å². The largest absolute Gasteiger partial charge is 0.493 e. The third kappa shape index (κ3) is 2.45. The lowest BCUT2D eigenvalue weighted by Crippen LogP contribution is -2.18. The van der Waals surface area contributed by atoms with E-state index >= 15 is 0 Å². The van der Waals surface area contributed by atoms with Crippen molar-refractivity contribution in [1.29, 1.82) is 0 Å². The Bertz CT molecular complexity index is 766. The maximum atomic E-state index is 12.1. The molecule has 0 N–H and O–H groups in total. The van der Waals surface area contributed by atoms with E-state index in [1.165, 1.54) is 0 Å². The summed E-state index contributed by atoms with van der Waals surface area (Å²) in [5.41, 5.74) is 3.39. The first kappa shape index (κ1) is 15.7. The van der Waals surface area contributed by atoms with Crippen LogP contribution in [-0.2, 0) is 17.7 Å². The topological polar surface area (TPSA) is 49.7 Å². The Morgan fingerprint density at radius 1 is 1.30 bits per heavy atom. The number of halogens is 1. The second-order valence-corrected chi connectivity index (χ2v) is 5.56. The molecule has 0 unspecified atom stereocenters. The van der Waals surface area contributed by atoms with Crippen LogP contribution in [0.15, 0.2) is 18.2 Å². The molecule has 0 saturated heterocycles. The number of rotatable bonds is 4. The minimum atomic E-state index is -0.321. The predicted molar refractivity (Wildman–Crippen MR) is 87.6 cm³/mol. The zero-order valence-electron chi connectivity index (χ0n) is 13.3. The Morgan fingerprint density at radius 3 is 2.74 bits per heavy atom. The average molecular weight is 336 g/mol. The van der Waals surface area contributed by atoms with Crippen molar-refractivity contribution in [2.45, 2.75) is 19.9 Å². The molecule has 1 aliphatic rings. The number of benzene rings is 1. The lowest BCUT2D eigenvalue weighted by molar-refractivity contribution is 0.0514. The molecule has 1 aromatic heterocycles. The molecule has 3 rings (SSSR count). The van der Waals surface area contributed by atoms with Gasteiger partial charge in [-0.15, -0.1) is 0 Å². The van der Waals surface area contributed by atoms with Crippen molar-refractivity contribution in [3.8, 4) is 22.8 Å². The van der Waals surface area contributed by atoms with Crippen molar-refractivity contribution in [3.05, 3.63) is 34.5 Å². The van der Waals surface area contributed by atoms with Crippen LogP contribution in [0, 0.1) is 0 Å².